The monoisotopic (exact) mass is 175 g/mol. The zero-order chi connectivity index (χ0) is 8.91. The lowest BCUT2D eigenvalue weighted by atomic mass is 10.3. The van der Waals surface area contributed by atoms with Gasteiger partial charge in [-0.15, -0.1) is 6.42 Å². The van der Waals surface area contributed by atoms with Gasteiger partial charge in [0.2, 0.25) is 10.0 Å². The summed E-state index contributed by atoms with van der Waals surface area (Å²) >= 11 is 0. The lowest BCUT2D eigenvalue weighted by Crippen LogP contribution is -2.28. The van der Waals surface area contributed by atoms with Crippen molar-refractivity contribution in [1.29, 1.82) is 0 Å². The molecule has 0 aromatic carbocycles. The maximum Gasteiger partial charge on any atom is 0.212 e. The highest BCUT2D eigenvalue weighted by Crippen LogP contribution is 1.96. The summed E-state index contributed by atoms with van der Waals surface area (Å²) in [5, 5.41) is 0. The van der Waals surface area contributed by atoms with Crippen LogP contribution in [0.2, 0.25) is 0 Å². The molecule has 0 spiro atoms. The van der Waals surface area contributed by atoms with Gasteiger partial charge < -0.3 is 0 Å². The second-order valence-corrected chi connectivity index (χ2v) is 4.55. The summed E-state index contributed by atoms with van der Waals surface area (Å²) in [5.74, 6) is 2.47. The molecule has 0 atom stereocenters. The molecule has 3 nitrogen and oxygen atoms in total. The average molecular weight is 175 g/mol. The van der Waals surface area contributed by atoms with E-state index in [4.69, 9.17) is 6.42 Å². The summed E-state index contributed by atoms with van der Waals surface area (Å²) in [6.07, 6.45) is 4.89. The summed E-state index contributed by atoms with van der Waals surface area (Å²) in [6.45, 7) is 3.76. The van der Waals surface area contributed by atoms with Crippen molar-refractivity contribution in [2.24, 2.45) is 5.92 Å². The van der Waals surface area contributed by atoms with E-state index >= 15 is 0 Å². The number of rotatable bonds is 4. The van der Waals surface area contributed by atoms with Crippen molar-refractivity contribution in [2.75, 3.05) is 12.3 Å². The highest BCUT2D eigenvalue weighted by molar-refractivity contribution is 7.89. The first-order valence-electron chi connectivity index (χ1n) is 3.38. The van der Waals surface area contributed by atoms with Crippen molar-refractivity contribution in [1.82, 2.24) is 4.72 Å². The van der Waals surface area contributed by atoms with Crippen molar-refractivity contribution in [2.45, 2.75) is 13.8 Å². The van der Waals surface area contributed by atoms with E-state index in [1.807, 2.05) is 13.8 Å². The van der Waals surface area contributed by atoms with Gasteiger partial charge in [0.05, 0.1) is 12.3 Å². The highest BCUT2D eigenvalue weighted by atomic mass is 32.2. The quantitative estimate of drug-likeness (QED) is 0.620. The van der Waals surface area contributed by atoms with E-state index in [2.05, 4.69) is 10.6 Å². The topological polar surface area (TPSA) is 46.2 Å². The van der Waals surface area contributed by atoms with Crippen molar-refractivity contribution >= 4 is 10.0 Å². The third kappa shape index (κ3) is 5.89. The fourth-order valence-corrected chi connectivity index (χ4v) is 1.95. The van der Waals surface area contributed by atoms with Crippen molar-refractivity contribution in [3.05, 3.63) is 0 Å². The van der Waals surface area contributed by atoms with Gasteiger partial charge in [0.25, 0.3) is 0 Å². The predicted molar refractivity (Wildman–Crippen MR) is 45.5 cm³/mol. The van der Waals surface area contributed by atoms with E-state index < -0.39 is 10.0 Å². The molecule has 0 aliphatic heterocycles. The Kier molecular flexibility index (Phi) is 4.16. The molecule has 0 aliphatic rings. The molecule has 4 heteroatoms. The molecule has 0 saturated heterocycles. The molecule has 0 amide bonds. The van der Waals surface area contributed by atoms with Crippen molar-refractivity contribution in [3.63, 3.8) is 0 Å². The molecule has 0 saturated carbocycles. The number of sulfonamides is 1. The molecule has 0 aliphatic carbocycles. The van der Waals surface area contributed by atoms with Crippen LogP contribution in [0.15, 0.2) is 0 Å². The molecule has 64 valence electrons. The standard InChI is InChI=1S/C7H13NO2S/c1-4-5-8-11(9,10)6-7(2)3/h1,7-8H,5-6H2,2-3H3. The minimum atomic E-state index is -3.14. The van der Waals surface area contributed by atoms with Gasteiger partial charge in [-0.25, -0.2) is 13.1 Å². The SMILES string of the molecule is C#CCNS(=O)(=O)CC(C)C. The fourth-order valence-electron chi connectivity index (χ4n) is 0.649. The van der Waals surface area contributed by atoms with Gasteiger partial charge in [-0.05, 0) is 5.92 Å². The van der Waals surface area contributed by atoms with E-state index in [1.54, 1.807) is 0 Å². The summed E-state index contributed by atoms with van der Waals surface area (Å²) in [7, 11) is -3.14. The number of terminal acetylenes is 1. The summed E-state index contributed by atoms with van der Waals surface area (Å²) in [5.41, 5.74) is 0. The zero-order valence-corrected chi connectivity index (χ0v) is 7.61. The third-order valence-electron chi connectivity index (χ3n) is 0.947. The van der Waals surface area contributed by atoms with Crippen LogP contribution < -0.4 is 4.72 Å². The molecule has 0 heterocycles. The average Bonchev–Trinajstić information content (AvgIpc) is 1.81. The van der Waals surface area contributed by atoms with Gasteiger partial charge in [-0.3, -0.25) is 0 Å². The lowest BCUT2D eigenvalue weighted by molar-refractivity contribution is 0.572. The first kappa shape index (κ1) is 10.5. The minimum Gasteiger partial charge on any atom is -0.212 e. The molecule has 0 aromatic rings. The van der Waals surface area contributed by atoms with Gasteiger partial charge in [0.1, 0.15) is 0 Å². The summed E-state index contributed by atoms with van der Waals surface area (Å²) in [4.78, 5) is 0. The lowest BCUT2D eigenvalue weighted by Gasteiger charge is -2.05. The van der Waals surface area contributed by atoms with Crippen LogP contribution in [0.25, 0.3) is 0 Å². The highest BCUT2D eigenvalue weighted by Gasteiger charge is 2.10. The van der Waals surface area contributed by atoms with Crippen molar-refractivity contribution < 1.29 is 8.42 Å². The van der Waals surface area contributed by atoms with Crippen LogP contribution >= 0.6 is 0 Å². The maximum absolute atomic E-state index is 11.0. The molecule has 0 aromatic heterocycles. The molecule has 0 bridgehead atoms. The van der Waals surface area contributed by atoms with Crippen LogP contribution in [0.5, 0.6) is 0 Å². The number of hydrogen-bond donors (Lipinski definition) is 1. The van der Waals surface area contributed by atoms with Crippen LogP contribution in [0.1, 0.15) is 13.8 Å². The first-order chi connectivity index (χ1) is 4.98. The Bertz CT molecular complexity index is 236. The number of hydrogen-bond acceptors (Lipinski definition) is 2. The Hall–Kier alpha value is -0.530. The second kappa shape index (κ2) is 4.37. The molecule has 0 fully saturated rings. The van der Waals surface area contributed by atoms with Crippen LogP contribution in [-0.4, -0.2) is 20.7 Å². The van der Waals surface area contributed by atoms with Crippen molar-refractivity contribution in [3.8, 4) is 12.3 Å². The van der Waals surface area contributed by atoms with E-state index in [9.17, 15) is 8.42 Å². The van der Waals surface area contributed by atoms with Gasteiger partial charge in [-0.1, -0.05) is 19.8 Å². The van der Waals surface area contributed by atoms with Crippen LogP contribution in [-0.2, 0) is 10.0 Å². The molecular formula is C7H13NO2S. The van der Waals surface area contributed by atoms with Gasteiger partial charge in [-0.2, -0.15) is 0 Å². The Balaban J connectivity index is 3.94. The van der Waals surface area contributed by atoms with E-state index in [0.29, 0.717) is 0 Å². The zero-order valence-electron chi connectivity index (χ0n) is 6.79. The normalized spacial score (nSPS) is 11.5. The van der Waals surface area contributed by atoms with Gasteiger partial charge in [0.15, 0.2) is 0 Å². The van der Waals surface area contributed by atoms with Gasteiger partial charge >= 0.3 is 0 Å². The molecule has 11 heavy (non-hydrogen) atoms. The molecular weight excluding hydrogens is 162 g/mol. The summed E-state index contributed by atoms with van der Waals surface area (Å²) < 4.78 is 24.3. The molecule has 0 radical (unpaired) electrons. The largest absolute Gasteiger partial charge is 0.212 e. The maximum atomic E-state index is 11.0. The summed E-state index contributed by atoms with van der Waals surface area (Å²) in [6, 6.07) is 0. The molecule has 0 rings (SSSR count). The third-order valence-corrected chi connectivity index (χ3v) is 2.64. The Morgan fingerprint density at radius 3 is 2.45 bits per heavy atom. The molecule has 1 N–H and O–H groups in total. The Labute approximate surface area is 68.2 Å². The second-order valence-electron chi connectivity index (χ2n) is 2.70. The number of nitrogens with one attached hydrogen (secondary N) is 1. The Morgan fingerprint density at radius 1 is 1.55 bits per heavy atom. The van der Waals surface area contributed by atoms with E-state index in [0.717, 1.165) is 0 Å². The predicted octanol–water partition coefficient (Wildman–Crippen LogP) is 0.195. The minimum absolute atomic E-state index is 0.0784. The van der Waals surface area contributed by atoms with Gasteiger partial charge in [0, 0.05) is 0 Å². The van der Waals surface area contributed by atoms with E-state index in [1.165, 1.54) is 0 Å². The van der Waals surface area contributed by atoms with Crippen LogP contribution in [0, 0.1) is 18.3 Å². The fraction of sp³-hybridized carbons (Fsp3) is 0.714. The first-order valence-corrected chi connectivity index (χ1v) is 5.04. The van der Waals surface area contributed by atoms with Crippen LogP contribution in [0.3, 0.4) is 0 Å². The van der Waals surface area contributed by atoms with E-state index in [-0.39, 0.29) is 18.2 Å². The smallest absolute Gasteiger partial charge is 0.212 e. The molecule has 0 unspecified atom stereocenters. The van der Waals surface area contributed by atoms with Crippen LogP contribution in [0.4, 0.5) is 0 Å². The Morgan fingerprint density at radius 2 is 2.09 bits per heavy atom.